The van der Waals surface area contributed by atoms with Crippen molar-refractivity contribution in [3.63, 3.8) is 0 Å². The number of rotatable bonds is 7. The first kappa shape index (κ1) is 15.5. The molecular formula is C16H25NO2. The number of benzene rings is 1. The molecule has 0 aliphatic rings. The third kappa shape index (κ3) is 3.98. The number of nitrogens with zero attached hydrogens (tertiary/aromatic N) is 1. The summed E-state index contributed by atoms with van der Waals surface area (Å²) in [6, 6.07) is 5.62. The van der Waals surface area contributed by atoms with Crippen molar-refractivity contribution in [2.75, 3.05) is 11.4 Å². The Morgan fingerprint density at radius 2 is 1.84 bits per heavy atom. The molecule has 0 radical (unpaired) electrons. The molecular weight excluding hydrogens is 238 g/mol. The lowest BCUT2D eigenvalue weighted by Crippen LogP contribution is -2.40. The highest BCUT2D eigenvalue weighted by atomic mass is 16.4. The molecule has 1 aromatic carbocycles. The molecule has 19 heavy (non-hydrogen) atoms. The van der Waals surface area contributed by atoms with Crippen LogP contribution in [-0.2, 0) is 4.79 Å². The molecule has 1 aromatic rings. The summed E-state index contributed by atoms with van der Waals surface area (Å²) in [6.45, 7) is 8.81. The number of carbonyl (C=O) groups is 1. The highest BCUT2D eigenvalue weighted by Gasteiger charge is 2.22. The quantitative estimate of drug-likeness (QED) is 0.761. The van der Waals surface area contributed by atoms with Crippen LogP contribution in [0.2, 0.25) is 0 Å². The third-order valence-corrected chi connectivity index (χ3v) is 3.55. The van der Waals surface area contributed by atoms with Crippen LogP contribution in [0.5, 0.6) is 0 Å². The molecule has 0 aromatic heterocycles. The molecule has 0 aliphatic carbocycles. The Morgan fingerprint density at radius 3 is 2.32 bits per heavy atom. The van der Waals surface area contributed by atoms with Crippen LogP contribution in [0.3, 0.4) is 0 Å². The number of anilines is 1. The van der Waals surface area contributed by atoms with Crippen LogP contribution < -0.4 is 4.90 Å². The van der Waals surface area contributed by atoms with Gasteiger partial charge in [-0.05, 0) is 38.3 Å². The van der Waals surface area contributed by atoms with Crippen LogP contribution in [0, 0.1) is 13.8 Å². The number of aliphatic carboxylic acids is 1. The third-order valence-electron chi connectivity index (χ3n) is 3.55. The zero-order valence-corrected chi connectivity index (χ0v) is 12.4. The first-order valence-electron chi connectivity index (χ1n) is 7.04. The molecule has 1 unspecified atom stereocenters. The Labute approximate surface area is 116 Å². The van der Waals surface area contributed by atoms with Crippen molar-refractivity contribution in [2.24, 2.45) is 0 Å². The predicted molar refractivity (Wildman–Crippen MR) is 79.9 cm³/mol. The summed E-state index contributed by atoms with van der Waals surface area (Å²) < 4.78 is 0. The van der Waals surface area contributed by atoms with E-state index in [1.807, 2.05) is 36.9 Å². The second-order valence-electron chi connectivity index (χ2n) is 5.16. The SMILES string of the molecule is CCCCCN(c1c(C)cccc1C)C(C)C(=O)O. The molecule has 106 valence electrons. The van der Waals surface area contributed by atoms with Crippen molar-refractivity contribution in [3.05, 3.63) is 29.3 Å². The maximum atomic E-state index is 11.3. The molecule has 0 fully saturated rings. The summed E-state index contributed by atoms with van der Waals surface area (Å²) >= 11 is 0. The van der Waals surface area contributed by atoms with Gasteiger partial charge >= 0.3 is 5.97 Å². The maximum Gasteiger partial charge on any atom is 0.326 e. The fraction of sp³-hybridized carbons (Fsp3) is 0.562. The fourth-order valence-electron chi connectivity index (χ4n) is 2.42. The van der Waals surface area contributed by atoms with Crippen LogP contribution in [0.4, 0.5) is 5.69 Å². The van der Waals surface area contributed by atoms with E-state index in [-0.39, 0.29) is 0 Å². The number of para-hydroxylation sites is 1. The summed E-state index contributed by atoms with van der Waals surface area (Å²) in [5, 5.41) is 9.31. The Bertz CT molecular complexity index is 409. The van der Waals surface area contributed by atoms with Crippen molar-refractivity contribution < 1.29 is 9.90 Å². The second kappa shape index (κ2) is 7.17. The maximum absolute atomic E-state index is 11.3. The standard InChI is InChI=1S/C16H25NO2/c1-5-6-7-11-17(14(4)16(18)19)15-12(2)9-8-10-13(15)3/h8-10,14H,5-7,11H2,1-4H3,(H,18,19). The molecule has 1 atom stereocenters. The van der Waals surface area contributed by atoms with Gasteiger partial charge in [0.1, 0.15) is 6.04 Å². The molecule has 3 heteroatoms. The minimum absolute atomic E-state index is 0.489. The number of hydrogen-bond donors (Lipinski definition) is 1. The predicted octanol–water partition coefficient (Wildman–Crippen LogP) is 3.77. The smallest absolute Gasteiger partial charge is 0.326 e. The van der Waals surface area contributed by atoms with E-state index in [0.29, 0.717) is 0 Å². The highest BCUT2D eigenvalue weighted by molar-refractivity contribution is 5.79. The van der Waals surface area contributed by atoms with Crippen molar-refractivity contribution in [2.45, 2.75) is 53.0 Å². The van der Waals surface area contributed by atoms with E-state index < -0.39 is 12.0 Å². The lowest BCUT2D eigenvalue weighted by atomic mass is 10.1. The monoisotopic (exact) mass is 263 g/mol. The topological polar surface area (TPSA) is 40.5 Å². The molecule has 3 nitrogen and oxygen atoms in total. The molecule has 0 saturated carbocycles. The fourth-order valence-corrected chi connectivity index (χ4v) is 2.42. The van der Waals surface area contributed by atoms with E-state index in [9.17, 15) is 9.90 Å². The van der Waals surface area contributed by atoms with E-state index in [1.165, 1.54) is 0 Å². The van der Waals surface area contributed by atoms with E-state index >= 15 is 0 Å². The zero-order valence-electron chi connectivity index (χ0n) is 12.4. The minimum Gasteiger partial charge on any atom is -0.480 e. The van der Waals surface area contributed by atoms with Crippen LogP contribution >= 0.6 is 0 Å². The molecule has 1 rings (SSSR count). The first-order valence-corrected chi connectivity index (χ1v) is 7.04. The minimum atomic E-state index is -0.765. The summed E-state index contributed by atoms with van der Waals surface area (Å²) in [4.78, 5) is 13.4. The summed E-state index contributed by atoms with van der Waals surface area (Å²) in [7, 11) is 0. The molecule has 1 N–H and O–H groups in total. The molecule has 0 saturated heterocycles. The van der Waals surface area contributed by atoms with Gasteiger partial charge in [0.2, 0.25) is 0 Å². The van der Waals surface area contributed by atoms with Gasteiger partial charge in [-0.1, -0.05) is 38.0 Å². The number of hydrogen-bond acceptors (Lipinski definition) is 2. The van der Waals surface area contributed by atoms with Gasteiger partial charge in [0.15, 0.2) is 0 Å². The average Bonchev–Trinajstić information content (AvgIpc) is 2.35. The van der Waals surface area contributed by atoms with Crippen LogP contribution in [-0.4, -0.2) is 23.7 Å². The van der Waals surface area contributed by atoms with E-state index in [0.717, 1.165) is 42.6 Å². The van der Waals surface area contributed by atoms with Crippen molar-refractivity contribution >= 4 is 11.7 Å². The average molecular weight is 263 g/mol. The Balaban J connectivity index is 3.04. The Hall–Kier alpha value is -1.51. The zero-order chi connectivity index (χ0) is 14.4. The molecule has 0 spiro atoms. The Morgan fingerprint density at radius 1 is 1.26 bits per heavy atom. The van der Waals surface area contributed by atoms with Gasteiger partial charge in [-0.2, -0.15) is 0 Å². The van der Waals surface area contributed by atoms with Crippen molar-refractivity contribution in [1.29, 1.82) is 0 Å². The summed E-state index contributed by atoms with van der Waals surface area (Å²) in [5.74, 6) is -0.765. The van der Waals surface area contributed by atoms with Gasteiger partial charge in [0.25, 0.3) is 0 Å². The van der Waals surface area contributed by atoms with E-state index in [1.54, 1.807) is 6.92 Å². The molecule has 0 heterocycles. The molecule has 0 bridgehead atoms. The van der Waals surface area contributed by atoms with E-state index in [2.05, 4.69) is 6.92 Å². The van der Waals surface area contributed by atoms with Gasteiger partial charge in [0, 0.05) is 12.2 Å². The molecule has 0 aliphatic heterocycles. The van der Waals surface area contributed by atoms with Crippen LogP contribution in [0.1, 0.15) is 44.2 Å². The van der Waals surface area contributed by atoms with Crippen LogP contribution in [0.15, 0.2) is 18.2 Å². The Kier molecular flexibility index (Phi) is 5.87. The number of unbranched alkanes of at least 4 members (excludes halogenated alkanes) is 2. The van der Waals surface area contributed by atoms with Crippen molar-refractivity contribution in [3.8, 4) is 0 Å². The van der Waals surface area contributed by atoms with Crippen molar-refractivity contribution in [1.82, 2.24) is 0 Å². The van der Waals surface area contributed by atoms with Gasteiger partial charge in [-0.3, -0.25) is 0 Å². The lowest BCUT2D eigenvalue weighted by Gasteiger charge is -2.31. The number of aryl methyl sites for hydroxylation is 2. The molecule has 0 amide bonds. The summed E-state index contributed by atoms with van der Waals surface area (Å²) in [6.07, 6.45) is 3.30. The first-order chi connectivity index (χ1) is 8.99. The summed E-state index contributed by atoms with van der Waals surface area (Å²) in [5.41, 5.74) is 3.36. The normalized spacial score (nSPS) is 12.2. The highest BCUT2D eigenvalue weighted by Crippen LogP contribution is 2.27. The number of carboxylic acids is 1. The number of carboxylic acid groups (broad SMARTS) is 1. The van der Waals surface area contributed by atoms with Gasteiger partial charge in [-0.25, -0.2) is 4.79 Å². The van der Waals surface area contributed by atoms with Gasteiger partial charge in [-0.15, -0.1) is 0 Å². The van der Waals surface area contributed by atoms with Crippen LogP contribution in [0.25, 0.3) is 0 Å². The van der Waals surface area contributed by atoms with Gasteiger partial charge in [0.05, 0.1) is 0 Å². The largest absolute Gasteiger partial charge is 0.480 e. The second-order valence-corrected chi connectivity index (χ2v) is 5.16. The lowest BCUT2D eigenvalue weighted by molar-refractivity contribution is -0.138. The van der Waals surface area contributed by atoms with Gasteiger partial charge < -0.3 is 10.0 Å². The van der Waals surface area contributed by atoms with E-state index in [4.69, 9.17) is 0 Å².